The minimum atomic E-state index is -0.552. The van der Waals surface area contributed by atoms with E-state index in [4.69, 9.17) is 14.2 Å². The zero-order valence-corrected chi connectivity index (χ0v) is 18.1. The molecule has 0 bridgehead atoms. The Morgan fingerprint density at radius 3 is 2.47 bits per heavy atom. The van der Waals surface area contributed by atoms with Gasteiger partial charge in [0.15, 0.2) is 6.10 Å². The van der Waals surface area contributed by atoms with Gasteiger partial charge in [0.1, 0.15) is 23.4 Å². The molecule has 1 atom stereocenters. The smallest absolute Gasteiger partial charge is 0.261 e. The highest BCUT2D eigenvalue weighted by Gasteiger charge is 2.19. The van der Waals surface area contributed by atoms with E-state index in [-0.39, 0.29) is 12.0 Å². The molecule has 162 valence electrons. The normalized spacial score (nSPS) is 16.0. The molecule has 2 aromatic carbocycles. The van der Waals surface area contributed by atoms with Crippen LogP contribution in [0.5, 0.6) is 17.2 Å². The predicted octanol–water partition coefficient (Wildman–Crippen LogP) is 3.64. The largest absolute Gasteiger partial charge is 0.497 e. The van der Waals surface area contributed by atoms with Gasteiger partial charge in [-0.1, -0.05) is 25.1 Å². The maximum atomic E-state index is 12.6. The Hall–Kier alpha value is -2.73. The van der Waals surface area contributed by atoms with Gasteiger partial charge < -0.3 is 24.4 Å². The number of hydrogen-bond donors (Lipinski definition) is 1. The van der Waals surface area contributed by atoms with E-state index in [1.807, 2.05) is 49.4 Å². The van der Waals surface area contributed by atoms with Gasteiger partial charge >= 0.3 is 0 Å². The van der Waals surface area contributed by atoms with Crippen LogP contribution in [-0.4, -0.2) is 50.3 Å². The van der Waals surface area contributed by atoms with Crippen molar-refractivity contribution in [1.82, 2.24) is 10.2 Å². The quantitative estimate of drug-likeness (QED) is 0.681. The molecule has 0 saturated carbocycles. The van der Waals surface area contributed by atoms with E-state index in [1.165, 1.54) is 0 Å². The highest BCUT2D eigenvalue weighted by molar-refractivity contribution is 5.81. The SMILES string of the molecule is CC[C@@H](Oc1cccc(OC)c1)C(=O)NCc1ccc(OC2CCN(C)CC2)cc1. The second kappa shape index (κ2) is 10.9. The van der Waals surface area contributed by atoms with Crippen LogP contribution in [0.15, 0.2) is 48.5 Å². The summed E-state index contributed by atoms with van der Waals surface area (Å²) in [5.74, 6) is 2.07. The molecule has 3 rings (SSSR count). The number of likely N-dealkylation sites (tertiary alicyclic amines) is 1. The summed E-state index contributed by atoms with van der Waals surface area (Å²) >= 11 is 0. The van der Waals surface area contributed by atoms with Crippen molar-refractivity contribution in [2.75, 3.05) is 27.2 Å². The molecule has 6 heteroatoms. The van der Waals surface area contributed by atoms with Crippen LogP contribution in [0.25, 0.3) is 0 Å². The van der Waals surface area contributed by atoms with E-state index in [0.29, 0.717) is 24.5 Å². The third kappa shape index (κ3) is 6.39. The molecule has 30 heavy (non-hydrogen) atoms. The number of hydrogen-bond acceptors (Lipinski definition) is 5. The van der Waals surface area contributed by atoms with Gasteiger partial charge in [0.2, 0.25) is 0 Å². The fraction of sp³-hybridized carbons (Fsp3) is 0.458. The van der Waals surface area contributed by atoms with Crippen molar-refractivity contribution in [2.24, 2.45) is 0 Å². The van der Waals surface area contributed by atoms with Crippen molar-refractivity contribution in [2.45, 2.75) is 44.9 Å². The van der Waals surface area contributed by atoms with Crippen LogP contribution < -0.4 is 19.5 Å². The lowest BCUT2D eigenvalue weighted by atomic mass is 10.1. The van der Waals surface area contributed by atoms with Crippen LogP contribution in [0.2, 0.25) is 0 Å². The number of nitrogens with one attached hydrogen (secondary N) is 1. The molecule has 1 heterocycles. The number of methoxy groups -OCH3 is 1. The number of nitrogens with zero attached hydrogens (tertiary/aromatic N) is 1. The van der Waals surface area contributed by atoms with E-state index in [9.17, 15) is 4.79 Å². The Balaban J connectivity index is 1.48. The lowest BCUT2D eigenvalue weighted by Gasteiger charge is -2.29. The Labute approximate surface area is 179 Å². The van der Waals surface area contributed by atoms with Gasteiger partial charge in [-0.2, -0.15) is 0 Å². The third-order valence-electron chi connectivity index (χ3n) is 5.34. The van der Waals surface area contributed by atoms with E-state index >= 15 is 0 Å². The average molecular weight is 413 g/mol. The summed E-state index contributed by atoms with van der Waals surface area (Å²) in [5.41, 5.74) is 1.02. The molecule has 0 radical (unpaired) electrons. The molecule has 1 aliphatic rings. The maximum Gasteiger partial charge on any atom is 0.261 e. The summed E-state index contributed by atoms with van der Waals surface area (Å²) in [6.07, 6.45) is 2.42. The minimum absolute atomic E-state index is 0.132. The number of carbonyl (C=O) groups excluding carboxylic acids is 1. The molecular formula is C24H32N2O4. The van der Waals surface area contributed by atoms with Crippen LogP contribution in [0.4, 0.5) is 0 Å². The van der Waals surface area contributed by atoms with Gasteiger partial charge in [-0.15, -0.1) is 0 Å². The predicted molar refractivity (Wildman–Crippen MR) is 117 cm³/mol. The number of rotatable bonds is 9. The van der Waals surface area contributed by atoms with Crippen molar-refractivity contribution in [3.63, 3.8) is 0 Å². The van der Waals surface area contributed by atoms with Crippen LogP contribution >= 0.6 is 0 Å². The second-order valence-corrected chi connectivity index (χ2v) is 7.68. The van der Waals surface area contributed by atoms with Crippen molar-refractivity contribution < 1.29 is 19.0 Å². The standard InChI is InChI=1S/C24H32N2O4/c1-4-23(30-22-7-5-6-21(16-22)28-3)24(27)25-17-18-8-10-19(11-9-18)29-20-12-14-26(2)15-13-20/h5-11,16,20,23H,4,12-15,17H2,1-3H3,(H,25,27)/t23-/m1/s1. The fourth-order valence-corrected chi connectivity index (χ4v) is 3.45. The van der Waals surface area contributed by atoms with Crippen LogP contribution in [-0.2, 0) is 11.3 Å². The summed E-state index contributed by atoms with van der Waals surface area (Å²) in [6.45, 7) is 4.53. The molecule has 0 aliphatic carbocycles. The summed E-state index contributed by atoms with van der Waals surface area (Å²) in [5, 5.41) is 2.96. The molecule has 1 fully saturated rings. The first-order chi connectivity index (χ1) is 14.6. The summed E-state index contributed by atoms with van der Waals surface area (Å²) in [4.78, 5) is 14.9. The first-order valence-electron chi connectivity index (χ1n) is 10.6. The number of benzene rings is 2. The Kier molecular flexibility index (Phi) is 7.97. The Bertz CT molecular complexity index is 801. The first-order valence-corrected chi connectivity index (χ1v) is 10.6. The number of carbonyl (C=O) groups is 1. The molecule has 1 amide bonds. The van der Waals surface area contributed by atoms with Crippen LogP contribution in [0, 0.1) is 0 Å². The molecular weight excluding hydrogens is 380 g/mol. The Morgan fingerprint density at radius 2 is 1.80 bits per heavy atom. The zero-order chi connectivity index (χ0) is 21.3. The topological polar surface area (TPSA) is 60.0 Å². The van der Waals surface area contributed by atoms with Crippen molar-refractivity contribution >= 4 is 5.91 Å². The molecule has 0 spiro atoms. The van der Waals surface area contributed by atoms with Crippen molar-refractivity contribution in [3.8, 4) is 17.2 Å². The molecule has 0 aromatic heterocycles. The lowest BCUT2D eigenvalue weighted by molar-refractivity contribution is -0.128. The Morgan fingerprint density at radius 1 is 1.10 bits per heavy atom. The summed E-state index contributed by atoms with van der Waals surface area (Å²) in [7, 11) is 3.75. The monoisotopic (exact) mass is 412 g/mol. The molecule has 6 nitrogen and oxygen atoms in total. The molecule has 1 N–H and O–H groups in total. The van der Waals surface area contributed by atoms with Gasteiger partial charge in [-0.25, -0.2) is 0 Å². The van der Waals surface area contributed by atoms with Crippen molar-refractivity contribution in [1.29, 1.82) is 0 Å². The second-order valence-electron chi connectivity index (χ2n) is 7.68. The lowest BCUT2D eigenvalue weighted by Crippen LogP contribution is -2.37. The number of piperidine rings is 1. The number of ether oxygens (including phenoxy) is 3. The third-order valence-corrected chi connectivity index (χ3v) is 5.34. The van der Waals surface area contributed by atoms with Crippen LogP contribution in [0.3, 0.4) is 0 Å². The molecule has 2 aromatic rings. The van der Waals surface area contributed by atoms with Crippen molar-refractivity contribution in [3.05, 3.63) is 54.1 Å². The van der Waals surface area contributed by atoms with E-state index in [0.717, 1.165) is 37.2 Å². The van der Waals surface area contributed by atoms with Gasteiger partial charge in [0.05, 0.1) is 7.11 Å². The van der Waals surface area contributed by atoms with E-state index in [1.54, 1.807) is 13.2 Å². The molecule has 1 saturated heterocycles. The first kappa shape index (κ1) is 22.0. The summed E-state index contributed by atoms with van der Waals surface area (Å²) in [6, 6.07) is 15.2. The van der Waals surface area contributed by atoms with Gasteiger partial charge in [0, 0.05) is 25.7 Å². The van der Waals surface area contributed by atoms with Gasteiger partial charge in [-0.3, -0.25) is 4.79 Å². The minimum Gasteiger partial charge on any atom is -0.497 e. The van der Waals surface area contributed by atoms with Crippen LogP contribution in [0.1, 0.15) is 31.7 Å². The highest BCUT2D eigenvalue weighted by Crippen LogP contribution is 2.21. The van der Waals surface area contributed by atoms with Gasteiger partial charge in [-0.05, 0) is 56.1 Å². The summed E-state index contributed by atoms with van der Waals surface area (Å²) < 4.78 is 17.1. The average Bonchev–Trinajstić information content (AvgIpc) is 2.78. The van der Waals surface area contributed by atoms with Gasteiger partial charge in [0.25, 0.3) is 5.91 Å². The molecule has 1 aliphatic heterocycles. The van der Waals surface area contributed by atoms with E-state index < -0.39 is 6.10 Å². The molecule has 0 unspecified atom stereocenters. The fourth-order valence-electron chi connectivity index (χ4n) is 3.45. The highest BCUT2D eigenvalue weighted by atomic mass is 16.5. The number of amides is 1. The van der Waals surface area contributed by atoms with E-state index in [2.05, 4.69) is 17.3 Å². The zero-order valence-electron chi connectivity index (χ0n) is 18.1. The maximum absolute atomic E-state index is 12.6.